The average Bonchev–Trinajstić information content (AvgIpc) is 3.02. The van der Waals surface area contributed by atoms with E-state index in [0.29, 0.717) is 27.9 Å². The summed E-state index contributed by atoms with van der Waals surface area (Å²) < 4.78 is 11.9. The molecule has 1 aromatic heterocycles. The number of nitrogens with one attached hydrogen (secondary N) is 2. The Morgan fingerprint density at radius 3 is 2.54 bits per heavy atom. The Hall–Kier alpha value is -3.13. The molecule has 2 amide bonds. The smallest absolute Gasteiger partial charge is 0.255 e. The standard InChI is InChI=1S/C20H21N3O4S/c1-11(2)27-16-8-5-13(9-17(16)26-4)19(25)22-14-6-7-15-18(10-14)28-20(23-15)21-12(3)24/h5-11H,1-4H3,(H,22,25)(H,21,23,24). The van der Waals surface area contributed by atoms with Crippen molar-refractivity contribution in [1.82, 2.24) is 4.98 Å². The summed E-state index contributed by atoms with van der Waals surface area (Å²) in [4.78, 5) is 28.1. The first-order valence-electron chi connectivity index (χ1n) is 8.70. The number of amides is 2. The molecule has 0 atom stereocenters. The van der Waals surface area contributed by atoms with Gasteiger partial charge < -0.3 is 20.1 Å². The fourth-order valence-corrected chi connectivity index (χ4v) is 3.52. The number of carbonyl (C=O) groups excluding carboxylic acids is 2. The van der Waals surface area contributed by atoms with Crippen molar-refractivity contribution < 1.29 is 19.1 Å². The van der Waals surface area contributed by atoms with E-state index in [1.807, 2.05) is 19.9 Å². The predicted molar refractivity (Wildman–Crippen MR) is 111 cm³/mol. The van der Waals surface area contributed by atoms with Gasteiger partial charge in [0, 0.05) is 18.2 Å². The summed E-state index contributed by atoms with van der Waals surface area (Å²) in [5.74, 6) is 0.650. The number of rotatable bonds is 6. The molecular formula is C20H21N3O4S. The second-order valence-corrected chi connectivity index (χ2v) is 7.40. The highest BCUT2D eigenvalue weighted by Crippen LogP contribution is 2.31. The number of anilines is 2. The van der Waals surface area contributed by atoms with E-state index < -0.39 is 0 Å². The van der Waals surface area contributed by atoms with Crippen molar-refractivity contribution in [3.05, 3.63) is 42.0 Å². The number of hydrogen-bond acceptors (Lipinski definition) is 6. The molecule has 0 unspecified atom stereocenters. The largest absolute Gasteiger partial charge is 0.493 e. The molecular weight excluding hydrogens is 378 g/mol. The van der Waals surface area contributed by atoms with E-state index in [1.54, 1.807) is 30.3 Å². The number of ether oxygens (including phenoxy) is 2. The third-order valence-electron chi connectivity index (χ3n) is 3.72. The second-order valence-electron chi connectivity index (χ2n) is 6.37. The maximum atomic E-state index is 12.6. The summed E-state index contributed by atoms with van der Waals surface area (Å²) in [6.45, 7) is 5.28. The fraction of sp³-hybridized carbons (Fsp3) is 0.250. The summed E-state index contributed by atoms with van der Waals surface area (Å²) >= 11 is 1.35. The quantitative estimate of drug-likeness (QED) is 0.645. The molecule has 0 aliphatic rings. The van der Waals surface area contributed by atoms with E-state index in [4.69, 9.17) is 9.47 Å². The molecule has 0 aliphatic carbocycles. The molecule has 0 aliphatic heterocycles. The molecule has 0 saturated heterocycles. The maximum absolute atomic E-state index is 12.6. The minimum Gasteiger partial charge on any atom is -0.493 e. The maximum Gasteiger partial charge on any atom is 0.255 e. The molecule has 7 nitrogen and oxygen atoms in total. The summed E-state index contributed by atoms with van der Waals surface area (Å²) in [7, 11) is 1.54. The van der Waals surface area contributed by atoms with Crippen LogP contribution in [0.15, 0.2) is 36.4 Å². The highest BCUT2D eigenvalue weighted by Gasteiger charge is 2.13. The first-order chi connectivity index (χ1) is 13.4. The number of hydrogen-bond donors (Lipinski definition) is 2. The summed E-state index contributed by atoms with van der Waals surface area (Å²) in [5.41, 5.74) is 1.84. The van der Waals surface area contributed by atoms with Gasteiger partial charge in [0.15, 0.2) is 16.6 Å². The van der Waals surface area contributed by atoms with Crippen molar-refractivity contribution in [2.45, 2.75) is 26.9 Å². The van der Waals surface area contributed by atoms with E-state index >= 15 is 0 Å². The lowest BCUT2D eigenvalue weighted by atomic mass is 10.1. The summed E-state index contributed by atoms with van der Waals surface area (Å²) in [5, 5.41) is 6.06. The van der Waals surface area contributed by atoms with Gasteiger partial charge in [-0.3, -0.25) is 9.59 Å². The van der Waals surface area contributed by atoms with Gasteiger partial charge in [-0.05, 0) is 50.2 Å². The molecule has 0 bridgehead atoms. The molecule has 1 heterocycles. The normalized spacial score (nSPS) is 10.8. The van der Waals surface area contributed by atoms with E-state index in [-0.39, 0.29) is 17.9 Å². The Morgan fingerprint density at radius 2 is 1.86 bits per heavy atom. The molecule has 3 aromatic rings. The molecule has 28 heavy (non-hydrogen) atoms. The number of aromatic nitrogens is 1. The van der Waals surface area contributed by atoms with Crippen LogP contribution in [0.1, 0.15) is 31.1 Å². The molecule has 8 heteroatoms. The van der Waals surface area contributed by atoms with Gasteiger partial charge in [-0.1, -0.05) is 11.3 Å². The van der Waals surface area contributed by atoms with Crippen molar-refractivity contribution in [3.8, 4) is 11.5 Å². The van der Waals surface area contributed by atoms with Gasteiger partial charge in [0.05, 0.1) is 23.4 Å². The van der Waals surface area contributed by atoms with Crippen LogP contribution >= 0.6 is 11.3 Å². The Bertz CT molecular complexity index is 1030. The predicted octanol–water partition coefficient (Wildman–Crippen LogP) is 4.30. The lowest BCUT2D eigenvalue weighted by molar-refractivity contribution is -0.114. The number of fused-ring (bicyclic) bond motifs is 1. The molecule has 0 radical (unpaired) electrons. The van der Waals surface area contributed by atoms with Crippen LogP contribution in [0.5, 0.6) is 11.5 Å². The van der Waals surface area contributed by atoms with Crippen molar-refractivity contribution >= 4 is 44.2 Å². The van der Waals surface area contributed by atoms with E-state index in [2.05, 4.69) is 15.6 Å². The third-order valence-corrected chi connectivity index (χ3v) is 4.65. The Labute approximate surface area is 166 Å². The minimum atomic E-state index is -0.264. The number of benzene rings is 2. The van der Waals surface area contributed by atoms with Crippen LogP contribution in [0.4, 0.5) is 10.8 Å². The fourth-order valence-electron chi connectivity index (χ4n) is 2.57. The van der Waals surface area contributed by atoms with Gasteiger partial charge in [-0.2, -0.15) is 0 Å². The van der Waals surface area contributed by atoms with Gasteiger partial charge in [0.1, 0.15) is 0 Å². The number of carbonyl (C=O) groups is 2. The van der Waals surface area contributed by atoms with E-state index in [9.17, 15) is 9.59 Å². The zero-order valence-electron chi connectivity index (χ0n) is 16.0. The van der Waals surface area contributed by atoms with Crippen LogP contribution < -0.4 is 20.1 Å². The van der Waals surface area contributed by atoms with Gasteiger partial charge in [0.25, 0.3) is 5.91 Å². The van der Waals surface area contributed by atoms with Gasteiger partial charge >= 0.3 is 0 Å². The zero-order chi connectivity index (χ0) is 20.3. The molecule has 0 saturated carbocycles. The molecule has 146 valence electrons. The molecule has 0 spiro atoms. The topological polar surface area (TPSA) is 89.5 Å². The van der Waals surface area contributed by atoms with Gasteiger partial charge in [-0.25, -0.2) is 4.98 Å². The first kappa shape index (κ1) is 19.6. The van der Waals surface area contributed by atoms with Crippen LogP contribution in [-0.2, 0) is 4.79 Å². The second kappa shape index (κ2) is 8.26. The highest BCUT2D eigenvalue weighted by molar-refractivity contribution is 7.22. The third kappa shape index (κ3) is 4.58. The summed E-state index contributed by atoms with van der Waals surface area (Å²) in [6, 6.07) is 10.4. The Morgan fingerprint density at radius 1 is 1.07 bits per heavy atom. The molecule has 2 N–H and O–H groups in total. The van der Waals surface area contributed by atoms with Crippen LogP contribution in [-0.4, -0.2) is 30.0 Å². The van der Waals surface area contributed by atoms with Crippen LogP contribution in [0.3, 0.4) is 0 Å². The monoisotopic (exact) mass is 399 g/mol. The zero-order valence-corrected chi connectivity index (χ0v) is 16.8. The van der Waals surface area contributed by atoms with E-state index in [1.165, 1.54) is 25.4 Å². The molecule has 0 fully saturated rings. The molecule has 2 aromatic carbocycles. The minimum absolute atomic E-state index is 0.00194. The average molecular weight is 399 g/mol. The SMILES string of the molecule is COc1cc(C(=O)Nc2ccc3nc(NC(C)=O)sc3c2)ccc1OC(C)C. The van der Waals surface area contributed by atoms with Crippen molar-refractivity contribution in [2.24, 2.45) is 0 Å². The van der Waals surface area contributed by atoms with Gasteiger partial charge in [0.2, 0.25) is 5.91 Å². The van der Waals surface area contributed by atoms with Crippen LogP contribution in [0.2, 0.25) is 0 Å². The lowest BCUT2D eigenvalue weighted by Crippen LogP contribution is -2.12. The lowest BCUT2D eigenvalue weighted by Gasteiger charge is -2.14. The van der Waals surface area contributed by atoms with E-state index in [0.717, 1.165) is 10.2 Å². The Balaban J connectivity index is 1.79. The first-order valence-corrected chi connectivity index (χ1v) is 9.51. The summed E-state index contributed by atoms with van der Waals surface area (Å²) in [6.07, 6.45) is 0.00194. The van der Waals surface area contributed by atoms with Crippen molar-refractivity contribution in [1.29, 1.82) is 0 Å². The number of methoxy groups -OCH3 is 1. The number of thiazole rings is 1. The highest BCUT2D eigenvalue weighted by atomic mass is 32.1. The van der Waals surface area contributed by atoms with Gasteiger partial charge in [-0.15, -0.1) is 0 Å². The van der Waals surface area contributed by atoms with Crippen molar-refractivity contribution in [2.75, 3.05) is 17.7 Å². The number of nitrogens with zero attached hydrogens (tertiary/aromatic N) is 1. The van der Waals surface area contributed by atoms with Crippen LogP contribution in [0, 0.1) is 0 Å². The van der Waals surface area contributed by atoms with Crippen LogP contribution in [0.25, 0.3) is 10.2 Å². The molecule has 3 rings (SSSR count). The van der Waals surface area contributed by atoms with Crippen molar-refractivity contribution in [3.63, 3.8) is 0 Å². The Kier molecular flexibility index (Phi) is 5.79.